The Morgan fingerprint density at radius 3 is 2.29 bits per heavy atom. The quantitative estimate of drug-likeness (QED) is 0.802. The van der Waals surface area contributed by atoms with Gasteiger partial charge in [-0.15, -0.1) is 0 Å². The van der Waals surface area contributed by atoms with Crippen LogP contribution >= 0.6 is 0 Å². The molecule has 0 aliphatic heterocycles. The SMILES string of the molecule is CC(C)(C)CC(=O)C(C#N)c1ccc(F)cc1. The van der Waals surface area contributed by atoms with Gasteiger partial charge in [0.2, 0.25) is 0 Å². The summed E-state index contributed by atoms with van der Waals surface area (Å²) in [5.41, 5.74) is 0.412. The highest BCUT2D eigenvalue weighted by atomic mass is 19.1. The summed E-state index contributed by atoms with van der Waals surface area (Å²) in [7, 11) is 0. The lowest BCUT2D eigenvalue weighted by Gasteiger charge is -2.18. The highest BCUT2D eigenvalue weighted by Crippen LogP contribution is 2.25. The molecule has 0 radical (unpaired) electrons. The Hall–Kier alpha value is -1.69. The van der Waals surface area contributed by atoms with Gasteiger partial charge in [0.1, 0.15) is 11.7 Å². The minimum absolute atomic E-state index is 0.119. The van der Waals surface area contributed by atoms with E-state index >= 15 is 0 Å². The highest BCUT2D eigenvalue weighted by Gasteiger charge is 2.25. The summed E-state index contributed by atoms with van der Waals surface area (Å²) in [6.07, 6.45) is 0.336. The summed E-state index contributed by atoms with van der Waals surface area (Å²) < 4.78 is 12.8. The number of nitriles is 1. The Balaban J connectivity index is 2.90. The summed E-state index contributed by atoms with van der Waals surface area (Å²) >= 11 is 0. The van der Waals surface area contributed by atoms with Crippen LogP contribution in [-0.2, 0) is 4.79 Å². The molecular weight excluding hydrogens is 217 g/mol. The van der Waals surface area contributed by atoms with Gasteiger partial charge in [-0.05, 0) is 23.1 Å². The van der Waals surface area contributed by atoms with E-state index in [1.807, 2.05) is 26.8 Å². The molecule has 0 amide bonds. The second-order valence-corrected chi connectivity index (χ2v) is 5.32. The van der Waals surface area contributed by atoms with Crippen molar-refractivity contribution in [3.63, 3.8) is 0 Å². The van der Waals surface area contributed by atoms with E-state index in [0.29, 0.717) is 12.0 Å². The molecule has 90 valence electrons. The lowest BCUT2D eigenvalue weighted by Crippen LogP contribution is -2.18. The first-order chi connectivity index (χ1) is 7.83. The molecule has 0 saturated heterocycles. The van der Waals surface area contributed by atoms with Gasteiger partial charge in [0, 0.05) is 6.42 Å². The predicted molar refractivity (Wildman–Crippen MR) is 63.8 cm³/mol. The fraction of sp³-hybridized carbons (Fsp3) is 0.429. The lowest BCUT2D eigenvalue weighted by atomic mass is 9.84. The number of Topliss-reactive ketones (excluding diaryl/α,β-unsaturated/α-hetero) is 1. The molecule has 1 atom stereocenters. The molecule has 0 aromatic heterocycles. The Labute approximate surface area is 101 Å². The van der Waals surface area contributed by atoms with E-state index in [1.165, 1.54) is 24.3 Å². The van der Waals surface area contributed by atoms with Crippen molar-refractivity contribution in [2.75, 3.05) is 0 Å². The van der Waals surface area contributed by atoms with Gasteiger partial charge < -0.3 is 0 Å². The molecule has 0 saturated carbocycles. The topological polar surface area (TPSA) is 40.9 Å². The predicted octanol–water partition coefficient (Wildman–Crippen LogP) is 3.44. The van der Waals surface area contributed by atoms with Gasteiger partial charge in [0.05, 0.1) is 6.07 Å². The fourth-order valence-corrected chi connectivity index (χ4v) is 1.61. The summed E-state index contributed by atoms with van der Waals surface area (Å²) in [6, 6.07) is 7.50. The Kier molecular flexibility index (Phi) is 4.01. The first-order valence-electron chi connectivity index (χ1n) is 5.51. The van der Waals surface area contributed by atoms with Gasteiger partial charge in [-0.2, -0.15) is 5.26 Å². The van der Waals surface area contributed by atoms with E-state index in [4.69, 9.17) is 5.26 Å². The van der Waals surface area contributed by atoms with Gasteiger partial charge >= 0.3 is 0 Å². The monoisotopic (exact) mass is 233 g/mol. The number of rotatable bonds is 3. The molecule has 1 aromatic rings. The normalized spacial score (nSPS) is 12.9. The molecule has 0 aliphatic carbocycles. The fourth-order valence-electron chi connectivity index (χ4n) is 1.61. The Morgan fingerprint density at radius 2 is 1.88 bits per heavy atom. The molecule has 0 spiro atoms. The number of carbonyl (C=O) groups is 1. The molecule has 2 nitrogen and oxygen atoms in total. The van der Waals surface area contributed by atoms with Crippen molar-refractivity contribution in [1.29, 1.82) is 5.26 Å². The third-order valence-electron chi connectivity index (χ3n) is 2.36. The van der Waals surface area contributed by atoms with Crippen molar-refractivity contribution >= 4 is 5.78 Å². The van der Waals surface area contributed by atoms with Crippen LogP contribution in [-0.4, -0.2) is 5.78 Å². The number of ketones is 1. The van der Waals surface area contributed by atoms with Gasteiger partial charge in [-0.25, -0.2) is 4.39 Å². The van der Waals surface area contributed by atoms with E-state index < -0.39 is 5.92 Å². The van der Waals surface area contributed by atoms with Crippen molar-refractivity contribution in [2.45, 2.75) is 33.1 Å². The van der Waals surface area contributed by atoms with Crippen molar-refractivity contribution in [3.8, 4) is 6.07 Å². The largest absolute Gasteiger partial charge is 0.298 e. The van der Waals surface area contributed by atoms with Crippen LogP contribution < -0.4 is 0 Å². The number of hydrogen-bond donors (Lipinski definition) is 0. The van der Waals surface area contributed by atoms with Gasteiger partial charge in [0.25, 0.3) is 0 Å². The molecule has 0 fully saturated rings. The van der Waals surface area contributed by atoms with Gasteiger partial charge in [-0.3, -0.25) is 4.79 Å². The summed E-state index contributed by atoms with van der Waals surface area (Å²) in [4.78, 5) is 12.0. The van der Waals surface area contributed by atoms with Crippen LogP contribution in [0.15, 0.2) is 24.3 Å². The molecule has 1 aromatic carbocycles. The Bertz CT molecular complexity index is 437. The van der Waals surface area contributed by atoms with Crippen molar-refractivity contribution in [3.05, 3.63) is 35.6 Å². The number of benzene rings is 1. The zero-order chi connectivity index (χ0) is 13.1. The first-order valence-corrected chi connectivity index (χ1v) is 5.51. The second-order valence-electron chi connectivity index (χ2n) is 5.32. The first kappa shape index (κ1) is 13.4. The number of nitrogens with zero attached hydrogens (tertiary/aromatic N) is 1. The Morgan fingerprint density at radius 1 is 1.35 bits per heavy atom. The van der Waals surface area contributed by atoms with Crippen LogP contribution in [0.1, 0.15) is 38.7 Å². The lowest BCUT2D eigenvalue weighted by molar-refractivity contribution is -0.121. The van der Waals surface area contributed by atoms with Crippen molar-refractivity contribution < 1.29 is 9.18 Å². The smallest absolute Gasteiger partial charge is 0.154 e. The van der Waals surface area contributed by atoms with Crippen LogP contribution in [0.3, 0.4) is 0 Å². The summed E-state index contributed by atoms with van der Waals surface area (Å²) in [6.45, 7) is 5.85. The minimum atomic E-state index is -0.796. The van der Waals surface area contributed by atoms with Crippen LogP contribution in [0, 0.1) is 22.6 Å². The van der Waals surface area contributed by atoms with E-state index in [-0.39, 0.29) is 17.0 Å². The minimum Gasteiger partial charge on any atom is -0.298 e. The summed E-state index contributed by atoms with van der Waals surface area (Å²) in [5, 5.41) is 9.05. The van der Waals surface area contributed by atoms with E-state index in [1.54, 1.807) is 0 Å². The second kappa shape index (κ2) is 5.09. The maximum absolute atomic E-state index is 12.8. The molecule has 0 heterocycles. The third kappa shape index (κ3) is 3.99. The van der Waals surface area contributed by atoms with E-state index in [0.717, 1.165) is 0 Å². The van der Waals surface area contributed by atoms with Gasteiger partial charge in [-0.1, -0.05) is 32.9 Å². The molecule has 1 rings (SSSR count). The molecule has 0 N–H and O–H groups in total. The molecule has 3 heteroatoms. The third-order valence-corrected chi connectivity index (χ3v) is 2.36. The molecular formula is C14H16FNO. The number of hydrogen-bond acceptors (Lipinski definition) is 2. The zero-order valence-electron chi connectivity index (χ0n) is 10.3. The molecule has 0 aliphatic rings. The average Bonchev–Trinajstić information content (AvgIpc) is 2.19. The maximum Gasteiger partial charge on any atom is 0.154 e. The maximum atomic E-state index is 12.8. The van der Waals surface area contributed by atoms with Gasteiger partial charge in [0.15, 0.2) is 5.78 Å². The molecule has 0 bridgehead atoms. The molecule has 1 unspecified atom stereocenters. The van der Waals surface area contributed by atoms with Crippen molar-refractivity contribution in [2.24, 2.45) is 5.41 Å². The number of carbonyl (C=O) groups excluding carboxylic acids is 1. The number of halogens is 1. The van der Waals surface area contributed by atoms with E-state index in [9.17, 15) is 9.18 Å². The molecule has 17 heavy (non-hydrogen) atoms. The summed E-state index contributed by atoms with van der Waals surface area (Å²) in [5.74, 6) is -1.28. The van der Waals surface area contributed by atoms with Crippen LogP contribution in [0.25, 0.3) is 0 Å². The van der Waals surface area contributed by atoms with E-state index in [2.05, 4.69) is 0 Å². The van der Waals surface area contributed by atoms with Crippen molar-refractivity contribution in [1.82, 2.24) is 0 Å². The van der Waals surface area contributed by atoms with Crippen LogP contribution in [0.5, 0.6) is 0 Å². The van der Waals surface area contributed by atoms with Crippen LogP contribution in [0.4, 0.5) is 4.39 Å². The van der Waals surface area contributed by atoms with Crippen LogP contribution in [0.2, 0.25) is 0 Å². The standard InChI is InChI=1S/C14H16FNO/c1-14(2,3)8-13(17)12(9-16)10-4-6-11(15)7-5-10/h4-7,12H,8H2,1-3H3. The highest BCUT2D eigenvalue weighted by molar-refractivity contribution is 5.88. The zero-order valence-corrected chi connectivity index (χ0v) is 10.3. The average molecular weight is 233 g/mol.